The number of aromatic nitrogens is 1. The average molecular weight is 388 g/mol. The highest BCUT2D eigenvalue weighted by Crippen LogP contribution is 2.19. The molecule has 8 heteroatoms. The van der Waals surface area contributed by atoms with Crippen LogP contribution in [0.5, 0.6) is 5.75 Å². The summed E-state index contributed by atoms with van der Waals surface area (Å²) in [6, 6.07) is 7.23. The molecule has 28 heavy (non-hydrogen) atoms. The molecule has 0 unspecified atom stereocenters. The normalized spacial score (nSPS) is 10.3. The Morgan fingerprint density at radius 1 is 1.04 bits per heavy atom. The van der Waals surface area contributed by atoms with Crippen LogP contribution in [0, 0.1) is 13.8 Å². The van der Waals surface area contributed by atoms with Gasteiger partial charge in [-0.2, -0.15) is 0 Å². The van der Waals surface area contributed by atoms with Crippen molar-refractivity contribution >= 4 is 17.8 Å². The number of carbonyl (C=O) groups excluding carboxylic acids is 3. The largest absolute Gasteiger partial charge is 0.497 e. The molecule has 0 radical (unpaired) electrons. The summed E-state index contributed by atoms with van der Waals surface area (Å²) >= 11 is 0. The number of nitrogens with one attached hydrogen (secondary N) is 2. The number of hydrogen-bond donors (Lipinski definition) is 2. The highest BCUT2D eigenvalue weighted by Gasteiger charge is 2.24. The van der Waals surface area contributed by atoms with Gasteiger partial charge in [-0.15, -0.1) is 0 Å². The quantitative estimate of drug-likeness (QED) is 0.672. The van der Waals surface area contributed by atoms with E-state index in [0.29, 0.717) is 23.4 Å². The maximum Gasteiger partial charge on any atom is 0.355 e. The predicted octanol–water partition coefficient (Wildman–Crippen LogP) is 2.29. The predicted molar refractivity (Wildman–Crippen MR) is 101 cm³/mol. The van der Waals surface area contributed by atoms with Gasteiger partial charge in [-0.3, -0.25) is 4.79 Å². The van der Waals surface area contributed by atoms with E-state index in [4.69, 9.17) is 14.2 Å². The van der Waals surface area contributed by atoms with Crippen LogP contribution in [0.15, 0.2) is 24.3 Å². The van der Waals surface area contributed by atoms with Gasteiger partial charge in [0, 0.05) is 12.2 Å². The van der Waals surface area contributed by atoms with Crippen molar-refractivity contribution in [3.05, 3.63) is 52.3 Å². The van der Waals surface area contributed by atoms with Crippen molar-refractivity contribution < 1.29 is 28.6 Å². The number of amides is 1. The van der Waals surface area contributed by atoms with E-state index in [0.717, 1.165) is 11.3 Å². The lowest BCUT2D eigenvalue weighted by molar-refractivity contribution is -0.124. The van der Waals surface area contributed by atoms with Crippen molar-refractivity contribution in [3.8, 4) is 5.75 Å². The van der Waals surface area contributed by atoms with Crippen molar-refractivity contribution in [1.82, 2.24) is 10.3 Å². The molecule has 0 saturated heterocycles. The van der Waals surface area contributed by atoms with Gasteiger partial charge >= 0.3 is 11.9 Å². The van der Waals surface area contributed by atoms with Gasteiger partial charge in [0.15, 0.2) is 6.61 Å². The molecule has 0 bridgehead atoms. The lowest BCUT2D eigenvalue weighted by Crippen LogP contribution is -2.28. The van der Waals surface area contributed by atoms with Crippen molar-refractivity contribution in [3.63, 3.8) is 0 Å². The van der Waals surface area contributed by atoms with E-state index in [1.807, 2.05) is 12.1 Å². The number of ether oxygens (including phenoxy) is 3. The molecule has 1 aromatic carbocycles. The number of hydrogen-bond acceptors (Lipinski definition) is 6. The van der Waals surface area contributed by atoms with Crippen molar-refractivity contribution in [2.24, 2.45) is 0 Å². The topological polar surface area (TPSA) is 107 Å². The monoisotopic (exact) mass is 388 g/mol. The summed E-state index contributed by atoms with van der Waals surface area (Å²) in [5.41, 5.74) is 2.25. The fourth-order valence-corrected chi connectivity index (χ4v) is 2.66. The fraction of sp³-hybridized carbons (Fsp3) is 0.350. The second-order valence-electron chi connectivity index (χ2n) is 6.05. The van der Waals surface area contributed by atoms with Crippen molar-refractivity contribution in [2.45, 2.75) is 27.3 Å². The summed E-state index contributed by atoms with van der Waals surface area (Å²) in [5, 5.41) is 2.67. The lowest BCUT2D eigenvalue weighted by Gasteiger charge is -2.07. The van der Waals surface area contributed by atoms with E-state index >= 15 is 0 Å². The van der Waals surface area contributed by atoms with Crippen molar-refractivity contribution in [2.75, 3.05) is 20.3 Å². The Labute approximate surface area is 163 Å². The van der Waals surface area contributed by atoms with E-state index in [-0.39, 0.29) is 12.3 Å². The van der Waals surface area contributed by atoms with Crippen LogP contribution < -0.4 is 10.1 Å². The highest BCUT2D eigenvalue weighted by atomic mass is 16.5. The van der Waals surface area contributed by atoms with Gasteiger partial charge in [0.2, 0.25) is 0 Å². The molecule has 150 valence electrons. The van der Waals surface area contributed by atoms with Crippen LogP contribution in [-0.4, -0.2) is 43.2 Å². The smallest absolute Gasteiger partial charge is 0.355 e. The average Bonchev–Trinajstić information content (AvgIpc) is 2.99. The minimum absolute atomic E-state index is 0.128. The molecule has 1 amide bonds. The van der Waals surface area contributed by atoms with Crippen LogP contribution in [0.3, 0.4) is 0 Å². The molecule has 0 aliphatic carbocycles. The zero-order valence-electron chi connectivity index (χ0n) is 16.4. The molecule has 0 spiro atoms. The number of methoxy groups -OCH3 is 1. The Morgan fingerprint density at radius 2 is 1.71 bits per heavy atom. The van der Waals surface area contributed by atoms with Crippen LogP contribution >= 0.6 is 0 Å². The molecular formula is C20H24N2O6. The number of esters is 2. The molecule has 2 aromatic rings. The molecule has 2 rings (SSSR count). The van der Waals surface area contributed by atoms with Crippen LogP contribution in [0.1, 0.15) is 44.6 Å². The Bertz CT molecular complexity index is 854. The molecule has 2 N–H and O–H groups in total. The Morgan fingerprint density at radius 3 is 2.32 bits per heavy atom. The maximum atomic E-state index is 12.3. The minimum Gasteiger partial charge on any atom is -0.497 e. The minimum atomic E-state index is -0.712. The zero-order valence-corrected chi connectivity index (χ0v) is 16.4. The van der Waals surface area contributed by atoms with E-state index in [9.17, 15) is 14.4 Å². The highest BCUT2D eigenvalue weighted by molar-refractivity contribution is 5.99. The molecule has 0 atom stereocenters. The first kappa shape index (κ1) is 21.0. The molecule has 0 aliphatic heterocycles. The summed E-state index contributed by atoms with van der Waals surface area (Å²) in [5.74, 6) is -0.931. The molecule has 1 heterocycles. The van der Waals surface area contributed by atoms with E-state index < -0.39 is 24.5 Å². The van der Waals surface area contributed by atoms with Gasteiger partial charge in [-0.25, -0.2) is 9.59 Å². The Hall–Kier alpha value is -3.29. The third-order valence-corrected chi connectivity index (χ3v) is 4.10. The number of aromatic amines is 1. The SMILES string of the molecule is CCOC(=O)c1c(C)[nH]c(C(=O)OCC(=O)NCc2ccc(OC)cc2)c1C. The van der Waals surface area contributed by atoms with Gasteiger partial charge in [0.25, 0.3) is 5.91 Å². The van der Waals surface area contributed by atoms with E-state index in [1.54, 1.807) is 40.0 Å². The first-order valence-electron chi connectivity index (χ1n) is 8.80. The Balaban J connectivity index is 1.90. The van der Waals surface area contributed by atoms with Gasteiger partial charge < -0.3 is 24.5 Å². The molecular weight excluding hydrogens is 364 g/mol. The first-order chi connectivity index (χ1) is 13.4. The van der Waals surface area contributed by atoms with Crippen LogP contribution in [0.4, 0.5) is 0 Å². The van der Waals surface area contributed by atoms with Gasteiger partial charge in [0.05, 0.1) is 19.3 Å². The number of benzene rings is 1. The first-order valence-corrected chi connectivity index (χ1v) is 8.80. The van der Waals surface area contributed by atoms with Crippen molar-refractivity contribution in [1.29, 1.82) is 0 Å². The second kappa shape index (κ2) is 9.59. The third-order valence-electron chi connectivity index (χ3n) is 4.10. The van der Waals surface area contributed by atoms with Crippen LogP contribution in [0.2, 0.25) is 0 Å². The second-order valence-corrected chi connectivity index (χ2v) is 6.05. The maximum absolute atomic E-state index is 12.3. The molecule has 0 saturated carbocycles. The van der Waals surface area contributed by atoms with E-state index in [1.165, 1.54) is 0 Å². The summed E-state index contributed by atoms with van der Waals surface area (Å²) < 4.78 is 15.1. The third kappa shape index (κ3) is 5.12. The summed E-state index contributed by atoms with van der Waals surface area (Å²) in [6.07, 6.45) is 0. The lowest BCUT2D eigenvalue weighted by atomic mass is 10.1. The summed E-state index contributed by atoms with van der Waals surface area (Å²) in [4.78, 5) is 39.0. The molecule has 1 aromatic heterocycles. The fourth-order valence-electron chi connectivity index (χ4n) is 2.66. The number of carbonyl (C=O) groups is 3. The number of aryl methyl sites for hydroxylation is 1. The number of rotatable bonds is 8. The number of H-pyrrole nitrogens is 1. The molecule has 0 fully saturated rings. The summed E-state index contributed by atoms with van der Waals surface area (Å²) in [6.45, 7) is 5.09. The molecule has 0 aliphatic rings. The Kier molecular flexibility index (Phi) is 7.20. The van der Waals surface area contributed by atoms with Crippen LogP contribution in [-0.2, 0) is 20.8 Å². The molecule has 8 nitrogen and oxygen atoms in total. The standard InChI is InChI=1S/C20H24N2O6/c1-5-27-19(24)17-12(2)18(22-13(17)3)20(25)28-11-16(23)21-10-14-6-8-15(26-4)9-7-14/h6-9,22H,5,10-11H2,1-4H3,(H,21,23). The summed E-state index contributed by atoms with van der Waals surface area (Å²) in [7, 11) is 1.58. The van der Waals surface area contributed by atoms with Gasteiger partial charge in [0.1, 0.15) is 11.4 Å². The van der Waals surface area contributed by atoms with Crippen LogP contribution in [0.25, 0.3) is 0 Å². The zero-order chi connectivity index (χ0) is 20.7. The van der Waals surface area contributed by atoms with Gasteiger partial charge in [-0.1, -0.05) is 12.1 Å². The van der Waals surface area contributed by atoms with E-state index in [2.05, 4.69) is 10.3 Å². The van der Waals surface area contributed by atoms with Gasteiger partial charge in [-0.05, 0) is 44.0 Å².